The molecule has 0 aromatic heterocycles. The number of rotatable bonds is 2. The molecule has 4 nitrogen and oxygen atoms in total. The van der Waals surface area contributed by atoms with Crippen molar-refractivity contribution in [3.63, 3.8) is 0 Å². The Morgan fingerprint density at radius 2 is 2.50 bits per heavy atom. The molecule has 8 heavy (non-hydrogen) atoms. The first-order valence-electron chi connectivity index (χ1n) is 2.27. The second-order valence-electron chi connectivity index (χ2n) is 1.52. The van der Waals surface area contributed by atoms with Crippen molar-refractivity contribution >= 4 is 11.3 Å². The lowest BCUT2D eigenvalue weighted by atomic mass is 10.3. The van der Waals surface area contributed by atoms with E-state index in [1.165, 1.54) is 0 Å². The van der Waals surface area contributed by atoms with Gasteiger partial charge in [0.1, 0.15) is 6.23 Å². The summed E-state index contributed by atoms with van der Waals surface area (Å²) < 4.78 is 25.2. The van der Waals surface area contributed by atoms with Crippen molar-refractivity contribution in [2.45, 2.75) is 12.6 Å². The first kappa shape index (κ1) is 6.15. The Bertz CT molecular complexity index is 103. The van der Waals surface area contributed by atoms with Gasteiger partial charge in [-0.25, -0.2) is 4.21 Å². The minimum atomic E-state index is -1.92. The molecule has 0 aliphatic carbocycles. The van der Waals surface area contributed by atoms with Crippen LogP contribution >= 0.6 is 0 Å². The van der Waals surface area contributed by atoms with Gasteiger partial charge in [0, 0.05) is 6.42 Å². The molecule has 2 N–H and O–H groups in total. The fraction of sp³-hybridized carbons (Fsp3) is 1.00. The quantitative estimate of drug-likeness (QED) is 0.502. The van der Waals surface area contributed by atoms with Crippen LogP contribution in [-0.4, -0.2) is 21.6 Å². The minimum absolute atomic E-state index is 0.194. The van der Waals surface area contributed by atoms with Crippen LogP contribution in [-0.2, 0) is 16.0 Å². The van der Waals surface area contributed by atoms with Crippen LogP contribution in [0, 0.1) is 0 Å². The van der Waals surface area contributed by atoms with Crippen molar-refractivity contribution in [3.05, 3.63) is 0 Å². The zero-order valence-electron chi connectivity index (χ0n) is 4.16. The van der Waals surface area contributed by atoms with E-state index in [0.717, 1.165) is 6.42 Å². The van der Waals surface area contributed by atoms with Gasteiger partial charge in [-0.15, -0.1) is 0 Å². The van der Waals surface area contributed by atoms with E-state index in [0.29, 0.717) is 6.61 Å². The molecule has 0 saturated carbocycles. The van der Waals surface area contributed by atoms with Crippen molar-refractivity contribution in [1.29, 1.82) is 0 Å². The van der Waals surface area contributed by atoms with Crippen molar-refractivity contribution < 1.29 is 13.5 Å². The average molecular weight is 137 g/mol. The molecule has 1 heterocycles. The molecule has 0 aromatic rings. The molecule has 2 unspecified atom stereocenters. The second kappa shape index (κ2) is 2.54. The molecule has 1 fully saturated rings. The molecular weight excluding hydrogens is 130 g/mol. The first-order valence-corrected chi connectivity index (χ1v) is 3.38. The zero-order valence-corrected chi connectivity index (χ0v) is 4.98. The van der Waals surface area contributed by atoms with Crippen LogP contribution in [0.2, 0.25) is 0 Å². The maximum absolute atomic E-state index is 9.92. The molecule has 0 bridgehead atoms. The van der Waals surface area contributed by atoms with E-state index in [9.17, 15) is 4.21 Å². The molecule has 0 aromatic carbocycles. The Hall–Kier alpha value is 0.0300. The van der Waals surface area contributed by atoms with Gasteiger partial charge in [-0.1, -0.05) is 0 Å². The second-order valence-corrected chi connectivity index (χ2v) is 2.25. The summed E-state index contributed by atoms with van der Waals surface area (Å²) in [7, 11) is 0. The van der Waals surface area contributed by atoms with Gasteiger partial charge in [0.25, 0.3) is 0 Å². The van der Waals surface area contributed by atoms with E-state index >= 15 is 0 Å². The van der Waals surface area contributed by atoms with Crippen molar-refractivity contribution in [2.24, 2.45) is 0 Å². The molecule has 1 rings (SSSR count). The highest BCUT2D eigenvalue weighted by Gasteiger charge is 2.18. The Balaban J connectivity index is 2.09. The average Bonchev–Trinajstić information content (AvgIpc) is 1.55. The Kier molecular flexibility index (Phi) is 1.95. The van der Waals surface area contributed by atoms with Gasteiger partial charge in [0.15, 0.2) is 0 Å². The molecule has 48 valence electrons. The van der Waals surface area contributed by atoms with E-state index in [2.05, 4.69) is 4.72 Å². The molecule has 0 radical (unpaired) electrons. The van der Waals surface area contributed by atoms with Crippen LogP contribution in [0.25, 0.3) is 0 Å². The maximum atomic E-state index is 9.92. The van der Waals surface area contributed by atoms with Crippen molar-refractivity contribution in [3.8, 4) is 0 Å². The van der Waals surface area contributed by atoms with Crippen LogP contribution in [0.1, 0.15) is 6.42 Å². The van der Waals surface area contributed by atoms with Gasteiger partial charge < -0.3 is 4.74 Å². The summed E-state index contributed by atoms with van der Waals surface area (Å²) in [6.45, 7) is 0.689. The summed E-state index contributed by atoms with van der Waals surface area (Å²) in [6.07, 6.45) is 0.632. The van der Waals surface area contributed by atoms with E-state index < -0.39 is 11.3 Å². The highest BCUT2D eigenvalue weighted by molar-refractivity contribution is 7.77. The first-order chi connectivity index (χ1) is 3.79. The lowest BCUT2D eigenvalue weighted by Crippen LogP contribution is -2.41. The summed E-state index contributed by atoms with van der Waals surface area (Å²) in [5.41, 5.74) is 0. The number of hydrogen-bond donors (Lipinski definition) is 2. The van der Waals surface area contributed by atoms with Gasteiger partial charge in [-0.3, -0.25) is 4.55 Å². The monoisotopic (exact) mass is 137 g/mol. The zero-order chi connectivity index (χ0) is 5.98. The smallest absolute Gasteiger partial charge is 0.233 e. The Labute approximate surface area is 49.6 Å². The number of ether oxygens (including phenoxy) is 1. The Morgan fingerprint density at radius 3 is 2.62 bits per heavy atom. The lowest BCUT2D eigenvalue weighted by Gasteiger charge is -2.24. The van der Waals surface area contributed by atoms with Crippen LogP contribution < -0.4 is 4.72 Å². The predicted octanol–water partition coefficient (Wildman–Crippen LogP) is -0.541. The topological polar surface area (TPSA) is 58.6 Å². The molecule has 1 aliphatic heterocycles. The molecular formula is C3H7NO3S. The largest absolute Gasteiger partial charge is 0.362 e. The summed E-state index contributed by atoms with van der Waals surface area (Å²) in [5.74, 6) is 0. The Morgan fingerprint density at radius 1 is 1.88 bits per heavy atom. The highest BCUT2D eigenvalue weighted by Crippen LogP contribution is 2.06. The van der Waals surface area contributed by atoms with Crippen LogP contribution in [0.4, 0.5) is 0 Å². The summed E-state index contributed by atoms with van der Waals surface area (Å²) in [6, 6.07) is 0. The molecule has 5 heteroatoms. The minimum Gasteiger partial charge on any atom is -0.362 e. The van der Waals surface area contributed by atoms with Crippen LogP contribution in [0.5, 0.6) is 0 Å². The third-order valence-electron chi connectivity index (χ3n) is 0.931. The third kappa shape index (κ3) is 1.52. The highest BCUT2D eigenvalue weighted by atomic mass is 32.2. The van der Waals surface area contributed by atoms with E-state index in [4.69, 9.17) is 9.29 Å². The fourth-order valence-electron chi connectivity index (χ4n) is 0.441. The SMILES string of the molecule is O=S(O)NC1CCO1. The van der Waals surface area contributed by atoms with E-state index in [-0.39, 0.29) is 6.23 Å². The van der Waals surface area contributed by atoms with E-state index in [1.54, 1.807) is 0 Å². The lowest BCUT2D eigenvalue weighted by molar-refractivity contribution is -0.0566. The number of nitrogens with one attached hydrogen (secondary N) is 1. The summed E-state index contributed by atoms with van der Waals surface area (Å²) in [5, 5.41) is 0. The molecule has 1 saturated heterocycles. The van der Waals surface area contributed by atoms with Crippen molar-refractivity contribution in [1.82, 2.24) is 4.72 Å². The normalized spacial score (nSPS) is 31.4. The van der Waals surface area contributed by atoms with Gasteiger partial charge in [-0.2, -0.15) is 4.72 Å². The summed E-state index contributed by atoms with van der Waals surface area (Å²) in [4.78, 5) is 0. The molecule has 1 aliphatic rings. The van der Waals surface area contributed by atoms with Gasteiger partial charge in [0.05, 0.1) is 6.61 Å². The summed E-state index contributed by atoms with van der Waals surface area (Å²) >= 11 is -1.92. The van der Waals surface area contributed by atoms with Gasteiger partial charge >= 0.3 is 0 Å². The number of hydrogen-bond acceptors (Lipinski definition) is 2. The van der Waals surface area contributed by atoms with Crippen molar-refractivity contribution in [2.75, 3.05) is 6.61 Å². The third-order valence-corrected chi connectivity index (χ3v) is 1.40. The fourth-order valence-corrected chi connectivity index (χ4v) is 0.852. The molecule has 2 atom stereocenters. The predicted molar refractivity (Wildman–Crippen MR) is 28.3 cm³/mol. The van der Waals surface area contributed by atoms with Crippen LogP contribution in [0.3, 0.4) is 0 Å². The standard InChI is InChI=1S/C3H7NO3S/c5-8(6)4-3-1-2-7-3/h3-4H,1-2H2,(H,5,6). The van der Waals surface area contributed by atoms with Gasteiger partial charge in [-0.05, 0) is 0 Å². The molecule has 0 amide bonds. The van der Waals surface area contributed by atoms with E-state index in [1.807, 2.05) is 0 Å². The molecule has 0 spiro atoms. The van der Waals surface area contributed by atoms with Gasteiger partial charge in [0.2, 0.25) is 11.3 Å². The van der Waals surface area contributed by atoms with Crippen LogP contribution in [0.15, 0.2) is 0 Å². The maximum Gasteiger partial charge on any atom is 0.233 e.